The Balaban J connectivity index is 1.55. The summed E-state index contributed by atoms with van der Waals surface area (Å²) in [6, 6.07) is 19.7. The van der Waals surface area contributed by atoms with Crippen molar-refractivity contribution in [2.45, 2.75) is 75.5 Å². The molecule has 4 aromatic rings. The van der Waals surface area contributed by atoms with Crippen molar-refractivity contribution >= 4 is 56.0 Å². The SMILES string of the molecule is CC(C)(C)N(C(=O)O)[C@@H](CCCCN(Cc1ccccc1)S(=O)(=O)c1cccs1)C(=O)N(Cc1cccs1)Cc1cccs1. The molecule has 0 aliphatic rings. The van der Waals surface area contributed by atoms with Crippen molar-refractivity contribution in [1.82, 2.24) is 14.1 Å². The van der Waals surface area contributed by atoms with E-state index in [1.807, 2.05) is 65.4 Å². The summed E-state index contributed by atoms with van der Waals surface area (Å²) in [6.45, 7) is 6.60. The first-order valence-corrected chi connectivity index (χ1v) is 18.5. The molecule has 3 aromatic heterocycles. The second kappa shape index (κ2) is 15.3. The van der Waals surface area contributed by atoms with Gasteiger partial charge in [-0.05, 0) is 79.9 Å². The van der Waals surface area contributed by atoms with Crippen molar-refractivity contribution in [2.24, 2.45) is 0 Å². The van der Waals surface area contributed by atoms with Gasteiger partial charge in [0.1, 0.15) is 10.3 Å². The molecule has 0 bridgehead atoms. The van der Waals surface area contributed by atoms with Crippen molar-refractivity contribution < 1.29 is 23.1 Å². The molecule has 44 heavy (non-hydrogen) atoms. The van der Waals surface area contributed by atoms with Crippen LogP contribution in [0, 0.1) is 0 Å². The minimum atomic E-state index is -3.72. The van der Waals surface area contributed by atoms with Crippen LogP contribution in [0.15, 0.2) is 87.1 Å². The van der Waals surface area contributed by atoms with Crippen LogP contribution in [0.4, 0.5) is 4.79 Å². The number of thiophene rings is 3. The molecule has 8 nitrogen and oxygen atoms in total. The molecule has 236 valence electrons. The number of sulfonamides is 1. The van der Waals surface area contributed by atoms with E-state index >= 15 is 0 Å². The molecule has 0 spiro atoms. The van der Waals surface area contributed by atoms with Crippen LogP contribution in [-0.2, 0) is 34.5 Å². The van der Waals surface area contributed by atoms with E-state index < -0.39 is 27.7 Å². The molecule has 0 fully saturated rings. The first-order valence-electron chi connectivity index (χ1n) is 14.4. The molecule has 1 N–H and O–H groups in total. The third kappa shape index (κ3) is 9.01. The molecule has 2 amide bonds. The predicted molar refractivity (Wildman–Crippen MR) is 179 cm³/mol. The highest BCUT2D eigenvalue weighted by Gasteiger charge is 2.39. The van der Waals surface area contributed by atoms with Crippen molar-refractivity contribution in [1.29, 1.82) is 0 Å². The summed E-state index contributed by atoms with van der Waals surface area (Å²) in [7, 11) is -3.72. The van der Waals surface area contributed by atoms with Gasteiger partial charge in [0.15, 0.2) is 0 Å². The molecule has 12 heteroatoms. The van der Waals surface area contributed by atoms with Gasteiger partial charge >= 0.3 is 6.09 Å². The molecule has 1 atom stereocenters. The van der Waals surface area contributed by atoms with Crippen LogP contribution in [0.1, 0.15) is 55.4 Å². The van der Waals surface area contributed by atoms with Crippen LogP contribution in [-0.4, -0.2) is 57.8 Å². The number of benzene rings is 1. The minimum Gasteiger partial charge on any atom is -0.465 e. The molecular formula is C32H39N3O5S4. The lowest BCUT2D eigenvalue weighted by Crippen LogP contribution is -2.57. The van der Waals surface area contributed by atoms with E-state index in [4.69, 9.17) is 0 Å². The number of hydrogen-bond donors (Lipinski definition) is 1. The van der Waals surface area contributed by atoms with Crippen LogP contribution >= 0.6 is 34.0 Å². The zero-order valence-corrected chi connectivity index (χ0v) is 28.4. The maximum absolute atomic E-state index is 14.3. The normalized spacial score (nSPS) is 12.7. The summed E-state index contributed by atoms with van der Waals surface area (Å²) in [4.78, 5) is 32.0. The van der Waals surface area contributed by atoms with Gasteiger partial charge in [0.2, 0.25) is 5.91 Å². The van der Waals surface area contributed by atoms with Crippen LogP contribution in [0.2, 0.25) is 0 Å². The fourth-order valence-corrected chi connectivity index (χ4v) is 9.14. The number of amides is 2. The largest absolute Gasteiger partial charge is 0.465 e. The Kier molecular flexibility index (Phi) is 11.8. The van der Waals surface area contributed by atoms with E-state index in [1.54, 1.807) is 65.9 Å². The number of nitrogens with zero attached hydrogens (tertiary/aromatic N) is 3. The Morgan fingerprint density at radius 2 is 1.39 bits per heavy atom. The van der Waals surface area contributed by atoms with Gasteiger partial charge < -0.3 is 10.0 Å². The fourth-order valence-electron chi connectivity index (χ4n) is 5.09. The smallest absolute Gasteiger partial charge is 0.408 e. The van der Waals surface area contributed by atoms with E-state index in [0.29, 0.717) is 25.9 Å². The second-order valence-corrected chi connectivity index (χ2v) is 16.6. The van der Waals surface area contributed by atoms with Crippen molar-refractivity contribution in [2.75, 3.05) is 6.54 Å². The molecule has 0 unspecified atom stereocenters. The summed E-state index contributed by atoms with van der Waals surface area (Å²) in [5.74, 6) is -0.253. The summed E-state index contributed by atoms with van der Waals surface area (Å²) in [5.41, 5.74) is 0.0502. The lowest BCUT2D eigenvalue weighted by molar-refractivity contribution is -0.139. The van der Waals surface area contributed by atoms with Gasteiger partial charge in [-0.3, -0.25) is 9.69 Å². The van der Waals surface area contributed by atoms with E-state index in [2.05, 4.69) is 0 Å². The van der Waals surface area contributed by atoms with Crippen molar-refractivity contribution in [3.05, 3.63) is 98.2 Å². The van der Waals surface area contributed by atoms with Crippen molar-refractivity contribution in [3.8, 4) is 0 Å². The second-order valence-electron chi connectivity index (χ2n) is 11.4. The Morgan fingerprint density at radius 3 is 1.89 bits per heavy atom. The number of hydrogen-bond acceptors (Lipinski definition) is 7. The standard InChI is InChI=1S/C32H39N3O5S4/c1-32(2,3)35(31(37)38)28(30(36)33(23-26-14-9-19-41-26)24-27-15-10-20-42-27)16-7-8-18-34(22-25-12-5-4-6-13-25)44(39,40)29-17-11-21-43-29/h4-6,9-15,17,19-21,28H,7-8,16,18,22-24H2,1-3H3,(H,37,38)/t28-/m0/s1. The van der Waals surface area contributed by atoms with E-state index in [1.165, 1.54) is 20.5 Å². The Bertz CT molecular complexity index is 1510. The lowest BCUT2D eigenvalue weighted by Gasteiger charge is -2.41. The Morgan fingerprint density at radius 1 is 0.795 bits per heavy atom. The molecule has 0 radical (unpaired) electrons. The highest BCUT2D eigenvalue weighted by atomic mass is 32.2. The molecule has 0 aliphatic heterocycles. The number of unbranched alkanes of at least 4 members (excludes halogenated alkanes) is 1. The van der Waals surface area contributed by atoms with Crippen LogP contribution < -0.4 is 0 Å². The maximum atomic E-state index is 14.3. The maximum Gasteiger partial charge on any atom is 0.408 e. The molecular weight excluding hydrogens is 635 g/mol. The quantitative estimate of drug-likeness (QED) is 0.131. The Labute approximate surface area is 272 Å². The highest BCUT2D eigenvalue weighted by Crippen LogP contribution is 2.27. The first kappa shape index (κ1) is 33.9. The van der Waals surface area contributed by atoms with Crippen molar-refractivity contribution in [3.63, 3.8) is 0 Å². The molecule has 4 rings (SSSR count). The third-order valence-corrected chi connectivity index (χ3v) is 12.1. The number of carbonyl (C=O) groups is 2. The first-order chi connectivity index (χ1) is 21.0. The van der Waals surface area contributed by atoms with Gasteiger partial charge in [-0.25, -0.2) is 13.2 Å². The average molecular weight is 674 g/mol. The van der Waals surface area contributed by atoms with Gasteiger partial charge in [0.05, 0.1) is 13.1 Å². The molecule has 1 aromatic carbocycles. The topological polar surface area (TPSA) is 98.2 Å². The van der Waals surface area contributed by atoms with Crippen LogP contribution in [0.3, 0.4) is 0 Å². The van der Waals surface area contributed by atoms with E-state index in [-0.39, 0.29) is 29.6 Å². The van der Waals surface area contributed by atoms with Gasteiger partial charge in [-0.1, -0.05) is 48.5 Å². The summed E-state index contributed by atoms with van der Waals surface area (Å²) in [6.07, 6.45) is 0.0441. The van der Waals surface area contributed by atoms with Gasteiger partial charge in [0, 0.05) is 28.4 Å². The third-order valence-electron chi connectivity index (χ3n) is 7.12. The summed E-state index contributed by atoms with van der Waals surface area (Å²) >= 11 is 4.30. The molecule has 0 aliphatic carbocycles. The van der Waals surface area contributed by atoms with Gasteiger partial charge in [-0.15, -0.1) is 34.0 Å². The monoisotopic (exact) mass is 673 g/mol. The van der Waals surface area contributed by atoms with E-state index in [0.717, 1.165) is 15.3 Å². The Hall–Kier alpha value is -3.03. The fraction of sp³-hybridized carbons (Fsp3) is 0.375. The number of carbonyl (C=O) groups excluding carboxylic acids is 1. The highest BCUT2D eigenvalue weighted by molar-refractivity contribution is 7.91. The number of carboxylic acid groups (broad SMARTS) is 1. The molecule has 0 saturated heterocycles. The van der Waals surface area contributed by atoms with Crippen LogP contribution in [0.25, 0.3) is 0 Å². The van der Waals surface area contributed by atoms with Gasteiger partial charge in [0.25, 0.3) is 10.0 Å². The molecule has 3 heterocycles. The summed E-state index contributed by atoms with van der Waals surface area (Å²) in [5, 5.41) is 16.0. The van der Waals surface area contributed by atoms with Crippen LogP contribution in [0.5, 0.6) is 0 Å². The molecule has 0 saturated carbocycles. The van der Waals surface area contributed by atoms with Gasteiger partial charge in [-0.2, -0.15) is 4.31 Å². The van der Waals surface area contributed by atoms with E-state index in [9.17, 15) is 23.1 Å². The zero-order chi connectivity index (χ0) is 31.7. The number of rotatable bonds is 15. The lowest BCUT2D eigenvalue weighted by atomic mass is 9.98. The summed E-state index contributed by atoms with van der Waals surface area (Å²) < 4.78 is 28.9. The zero-order valence-electron chi connectivity index (χ0n) is 25.2. The minimum absolute atomic E-state index is 0.224. The average Bonchev–Trinajstić information content (AvgIpc) is 3.77. The predicted octanol–water partition coefficient (Wildman–Crippen LogP) is 7.61.